The molecule has 0 aliphatic heterocycles. The first-order valence-corrected chi connectivity index (χ1v) is 4.35. The van der Waals surface area contributed by atoms with Gasteiger partial charge in [-0.15, -0.1) is 14.7 Å². The number of hydrogen-bond donors (Lipinski definition) is 3. The second-order valence-corrected chi connectivity index (χ2v) is 2.28. The minimum Gasteiger partial charge on any atom is -0.473 e. The summed E-state index contributed by atoms with van der Waals surface area (Å²) in [5.41, 5.74) is 0. The van der Waals surface area contributed by atoms with E-state index in [0.717, 1.165) is 0 Å². The van der Waals surface area contributed by atoms with E-state index < -0.39 is 35.8 Å². The average molecular weight is 458 g/mol. The largest absolute Gasteiger partial charge is 0.473 e. The van der Waals surface area contributed by atoms with E-state index in [1.54, 1.807) is 16.0 Å². The van der Waals surface area contributed by atoms with Gasteiger partial charge in [0, 0.05) is 19.5 Å². The number of rotatable bonds is 3. The van der Waals surface area contributed by atoms with E-state index in [0.29, 0.717) is 0 Å². The summed E-state index contributed by atoms with van der Waals surface area (Å²) in [6.07, 6.45) is 0. The molecule has 0 aliphatic carbocycles. The Kier molecular flexibility index (Phi) is 21.4. The van der Waals surface area contributed by atoms with E-state index in [1.807, 2.05) is 0 Å². The summed E-state index contributed by atoms with van der Waals surface area (Å²) in [7, 11) is 0. The van der Waals surface area contributed by atoms with Crippen molar-refractivity contribution in [3.8, 4) is 0 Å². The van der Waals surface area contributed by atoms with E-state index in [-0.39, 0.29) is 19.5 Å². The summed E-state index contributed by atoms with van der Waals surface area (Å²) in [5, 5.41) is 27.6. The minimum absolute atomic E-state index is 0. The second-order valence-electron chi connectivity index (χ2n) is 2.28. The molecule has 0 heterocycles. The third-order valence-electron chi connectivity index (χ3n) is 0.884. The molecular weight excluding hydrogens is 455 g/mol. The molecule has 0 fully saturated rings. The molecule has 0 bridgehead atoms. The van der Waals surface area contributed by atoms with Crippen molar-refractivity contribution in [3.05, 3.63) is 14.7 Å². The molecule has 25 heavy (non-hydrogen) atoms. The van der Waals surface area contributed by atoms with Crippen LogP contribution in [0, 0.1) is 14.7 Å². The molecule has 0 saturated carbocycles. The fourth-order valence-electron chi connectivity index (χ4n) is 0.219. The molecule has 18 nitrogen and oxygen atoms in total. The summed E-state index contributed by atoms with van der Waals surface area (Å²) in [4.78, 5) is 93.4. The zero-order valence-corrected chi connectivity index (χ0v) is 12.7. The first-order valence-electron chi connectivity index (χ1n) is 4.35. The molecule has 0 spiro atoms. The van der Waals surface area contributed by atoms with Gasteiger partial charge < -0.3 is 15.3 Å². The van der Waals surface area contributed by atoms with Crippen LogP contribution in [-0.2, 0) is 62.8 Å². The van der Waals surface area contributed by atoms with Crippen LogP contribution >= 0.6 is 0 Å². The zero-order chi connectivity index (χ0) is 19.7. The molecule has 140 valence electrons. The Balaban J connectivity index is -0.000000130. The summed E-state index contributed by atoms with van der Waals surface area (Å²) < 4.78 is 0. The van der Waals surface area contributed by atoms with Crippen molar-refractivity contribution in [2.45, 2.75) is 0 Å². The predicted molar refractivity (Wildman–Crippen MR) is 58.6 cm³/mol. The Hall–Kier alpha value is -3.76. The summed E-state index contributed by atoms with van der Waals surface area (Å²) in [6.45, 7) is 0. The first kappa shape index (κ1) is 29.3. The van der Waals surface area contributed by atoms with Crippen LogP contribution in [0.3, 0.4) is 0 Å². The Labute approximate surface area is 145 Å². The molecule has 0 aliphatic rings. The van der Waals surface area contributed by atoms with E-state index in [9.17, 15) is 28.8 Å². The van der Waals surface area contributed by atoms with Gasteiger partial charge in [-0.2, -0.15) is 0 Å². The van der Waals surface area contributed by atoms with Crippen LogP contribution in [0.4, 0.5) is 0 Å². The van der Waals surface area contributed by atoms with Crippen molar-refractivity contribution in [3.63, 3.8) is 0 Å². The quantitative estimate of drug-likeness (QED) is 0.176. The van der Waals surface area contributed by atoms with Crippen LogP contribution in [-0.4, -0.2) is 51.1 Å². The number of nitrogens with zero attached hydrogens (tertiary/aromatic N) is 3. The second kappa shape index (κ2) is 18.3. The Morgan fingerprint density at radius 1 is 0.520 bits per heavy atom. The minimum atomic E-state index is -1.84. The average Bonchev–Trinajstić information content (AvgIpc) is 2.49. The molecule has 0 amide bonds. The van der Waals surface area contributed by atoms with Gasteiger partial charge in [0.25, 0.3) is 0 Å². The maximum absolute atomic E-state index is 9.63. The van der Waals surface area contributed by atoms with Gasteiger partial charge in [-0.3, -0.25) is 14.5 Å². The van der Waals surface area contributed by atoms with Gasteiger partial charge in [0.2, 0.25) is 0 Å². The number of carbonyl (C=O) groups excluding carboxylic acids is 3. The van der Waals surface area contributed by atoms with Crippen molar-refractivity contribution in [1.82, 2.24) is 0 Å². The number of carboxylic acids is 3. The fraction of sp³-hybridized carbons (Fsp3) is 0. The third kappa shape index (κ3) is 22.7. The van der Waals surface area contributed by atoms with E-state index in [2.05, 4.69) is 14.5 Å². The summed E-state index contributed by atoms with van der Waals surface area (Å²) >= 11 is 0. The van der Waals surface area contributed by atoms with Gasteiger partial charge in [0.1, 0.15) is 0 Å². The molecule has 0 radical (unpaired) electrons. The van der Waals surface area contributed by atoms with E-state index >= 15 is 0 Å². The van der Waals surface area contributed by atoms with Gasteiger partial charge >= 0.3 is 35.8 Å². The maximum atomic E-state index is 9.63. The van der Waals surface area contributed by atoms with Crippen LogP contribution < -0.4 is 0 Å². The number of hydrogen-bond acceptors (Lipinski definition) is 15. The van der Waals surface area contributed by atoms with Crippen LogP contribution in [0.5, 0.6) is 0 Å². The number of carboxylic acid groups (broad SMARTS) is 3. The summed E-state index contributed by atoms with van der Waals surface area (Å²) in [6, 6.07) is 0. The van der Waals surface area contributed by atoms with Crippen LogP contribution in [0.15, 0.2) is 16.0 Å². The predicted octanol–water partition coefficient (Wildman–Crippen LogP) is -2.12. The van der Waals surface area contributed by atoms with Gasteiger partial charge in [-0.25, -0.2) is 28.8 Å². The third-order valence-corrected chi connectivity index (χ3v) is 0.884. The van der Waals surface area contributed by atoms with Crippen molar-refractivity contribution in [2.75, 3.05) is 0 Å². The molecule has 19 heteroatoms. The van der Waals surface area contributed by atoms with Crippen LogP contribution in [0.25, 0.3) is 0 Å². The fourth-order valence-corrected chi connectivity index (χ4v) is 0.219. The molecule has 0 rings (SSSR count). The smallest absolute Gasteiger partial charge is 0.445 e. The monoisotopic (exact) mass is 459 g/mol. The van der Waals surface area contributed by atoms with E-state index in [1.165, 1.54) is 0 Å². The molecule has 0 aromatic rings. The van der Waals surface area contributed by atoms with Crippen LogP contribution in [0.1, 0.15) is 0 Å². The van der Waals surface area contributed by atoms with Gasteiger partial charge in [0.15, 0.2) is 16.0 Å². The summed E-state index contributed by atoms with van der Waals surface area (Å²) in [5.74, 6) is -10.6. The Morgan fingerprint density at radius 3 is 0.720 bits per heavy atom. The maximum Gasteiger partial charge on any atom is 0.445 e. The standard InChI is InChI=1S/3C2HNO5.Ru/c3*4-1(5)2(6)8-3-7;/h3*(H,4,5);. The van der Waals surface area contributed by atoms with Crippen molar-refractivity contribution in [1.29, 1.82) is 0 Å². The number of carbonyl (C=O) groups is 6. The van der Waals surface area contributed by atoms with Gasteiger partial charge in [0.05, 0.1) is 0 Å². The first-order chi connectivity index (χ1) is 11.0. The molecule has 0 aromatic heterocycles. The molecule has 0 unspecified atom stereocenters. The van der Waals surface area contributed by atoms with Crippen molar-refractivity contribution in [2.24, 2.45) is 16.0 Å². The normalized spacial score (nSPS) is 7.20. The molecule has 0 saturated heterocycles. The molecule has 3 N–H and O–H groups in total. The Bertz CT molecular complexity index is 467. The molecule has 0 atom stereocenters. The Morgan fingerprint density at radius 2 is 0.680 bits per heavy atom. The molecular formula is C6H3N3O15Ru. The van der Waals surface area contributed by atoms with Crippen molar-refractivity contribution >= 4 is 35.8 Å². The topological polar surface area (TPSA) is 279 Å². The van der Waals surface area contributed by atoms with E-state index in [4.69, 9.17) is 30.0 Å². The van der Waals surface area contributed by atoms with Gasteiger partial charge in [-0.1, -0.05) is 0 Å². The zero-order valence-electron chi connectivity index (χ0n) is 10.9. The molecule has 0 aromatic carbocycles. The van der Waals surface area contributed by atoms with Crippen LogP contribution in [0.2, 0.25) is 0 Å². The SMILES string of the molecule is O=NOC(=O)C(=O)O.O=NOC(=O)C(=O)O.O=NOC(=O)C(=O)O.[Ru]. The van der Waals surface area contributed by atoms with Gasteiger partial charge in [-0.05, 0) is 0 Å². The van der Waals surface area contributed by atoms with Crippen molar-refractivity contribution < 1.29 is 78.1 Å². The number of aliphatic carboxylic acids is 3.